The first-order chi connectivity index (χ1) is 13.5. The Morgan fingerprint density at radius 2 is 1.69 bits per heavy atom. The van der Waals surface area contributed by atoms with Crippen molar-refractivity contribution in [2.75, 3.05) is 13.1 Å². The van der Waals surface area contributed by atoms with Gasteiger partial charge in [-0.25, -0.2) is 0 Å². The summed E-state index contributed by atoms with van der Waals surface area (Å²) in [6.45, 7) is 4.88. The third kappa shape index (κ3) is 10.9. The van der Waals surface area contributed by atoms with Crippen LogP contribution in [-0.4, -0.2) is 66.0 Å². The zero-order valence-corrected chi connectivity index (χ0v) is 17.1. The van der Waals surface area contributed by atoms with Crippen molar-refractivity contribution in [3.63, 3.8) is 0 Å². The number of hydrogen-bond acceptors (Lipinski definition) is 6. The van der Waals surface area contributed by atoms with E-state index in [1.807, 2.05) is 6.92 Å². The molecule has 0 aliphatic rings. The van der Waals surface area contributed by atoms with Crippen molar-refractivity contribution in [1.82, 2.24) is 16.0 Å². The monoisotopic (exact) mass is 415 g/mol. The molecule has 0 heterocycles. The second-order valence-corrected chi connectivity index (χ2v) is 6.77. The van der Waals surface area contributed by atoms with Gasteiger partial charge in [-0.2, -0.15) is 0 Å². The molecule has 0 aliphatic carbocycles. The fourth-order valence-corrected chi connectivity index (χ4v) is 2.24. The van der Waals surface area contributed by atoms with Crippen molar-refractivity contribution in [2.24, 2.45) is 28.1 Å². The zero-order chi connectivity index (χ0) is 22.6. The molecule has 166 valence electrons. The molecular formula is C17H33N7O5. The van der Waals surface area contributed by atoms with Gasteiger partial charge in [0.05, 0.1) is 12.6 Å². The Morgan fingerprint density at radius 3 is 2.21 bits per heavy atom. The normalized spacial score (nSPS) is 14.6. The van der Waals surface area contributed by atoms with Crippen LogP contribution in [0.15, 0.2) is 4.99 Å². The van der Waals surface area contributed by atoms with Gasteiger partial charge in [0.1, 0.15) is 12.1 Å². The lowest BCUT2D eigenvalue weighted by Crippen LogP contribution is -2.55. The van der Waals surface area contributed by atoms with Gasteiger partial charge in [0, 0.05) is 6.54 Å². The van der Waals surface area contributed by atoms with Gasteiger partial charge >= 0.3 is 5.97 Å². The van der Waals surface area contributed by atoms with Crippen LogP contribution in [0.5, 0.6) is 0 Å². The van der Waals surface area contributed by atoms with Crippen molar-refractivity contribution in [3.05, 3.63) is 0 Å². The molecule has 3 amide bonds. The van der Waals surface area contributed by atoms with Gasteiger partial charge < -0.3 is 38.3 Å². The Kier molecular flexibility index (Phi) is 12.0. The van der Waals surface area contributed by atoms with E-state index in [0.717, 1.165) is 0 Å². The summed E-state index contributed by atoms with van der Waals surface area (Å²) in [4.78, 5) is 51.1. The quantitative estimate of drug-likeness (QED) is 0.0975. The van der Waals surface area contributed by atoms with E-state index in [1.165, 1.54) is 6.92 Å². The summed E-state index contributed by atoms with van der Waals surface area (Å²) in [6.07, 6.45) is 1.40. The van der Waals surface area contributed by atoms with Gasteiger partial charge in [-0.1, -0.05) is 20.3 Å². The highest BCUT2D eigenvalue weighted by Gasteiger charge is 2.28. The second-order valence-electron chi connectivity index (χ2n) is 6.77. The molecule has 12 nitrogen and oxygen atoms in total. The predicted octanol–water partition coefficient (Wildman–Crippen LogP) is -2.40. The van der Waals surface area contributed by atoms with Gasteiger partial charge in [-0.3, -0.25) is 24.2 Å². The summed E-state index contributed by atoms with van der Waals surface area (Å²) < 4.78 is 0. The van der Waals surface area contributed by atoms with Crippen LogP contribution in [0, 0.1) is 5.92 Å². The molecule has 0 fully saturated rings. The fraction of sp³-hybridized carbons (Fsp3) is 0.706. The molecule has 0 bridgehead atoms. The highest BCUT2D eigenvalue weighted by Crippen LogP contribution is 2.08. The highest BCUT2D eigenvalue weighted by atomic mass is 16.4. The molecule has 0 saturated carbocycles. The van der Waals surface area contributed by atoms with Crippen molar-refractivity contribution < 1.29 is 24.3 Å². The summed E-state index contributed by atoms with van der Waals surface area (Å²) in [5, 5.41) is 16.2. The van der Waals surface area contributed by atoms with E-state index in [1.54, 1.807) is 6.92 Å². The molecule has 0 saturated heterocycles. The SMILES string of the molecule is CCC(C)C(NC(=O)CNC(=O)C(N)CCCN=C(N)N)C(=O)NC(C)C(=O)O. The molecular weight excluding hydrogens is 382 g/mol. The third-order valence-corrected chi connectivity index (χ3v) is 4.27. The molecule has 4 atom stereocenters. The Hall–Kier alpha value is -2.89. The number of carboxylic acids is 1. The number of nitrogens with one attached hydrogen (secondary N) is 3. The minimum Gasteiger partial charge on any atom is -0.480 e. The number of carbonyl (C=O) groups is 4. The van der Waals surface area contributed by atoms with E-state index in [0.29, 0.717) is 25.8 Å². The van der Waals surface area contributed by atoms with Crippen molar-refractivity contribution >= 4 is 29.7 Å². The average Bonchev–Trinajstić information content (AvgIpc) is 2.66. The summed E-state index contributed by atoms with van der Waals surface area (Å²) in [5.74, 6) is -3.19. The van der Waals surface area contributed by atoms with Crippen molar-refractivity contribution in [3.8, 4) is 0 Å². The zero-order valence-electron chi connectivity index (χ0n) is 17.1. The molecule has 0 aromatic carbocycles. The predicted molar refractivity (Wildman–Crippen MR) is 108 cm³/mol. The molecule has 10 N–H and O–H groups in total. The Labute approximate surface area is 170 Å². The summed E-state index contributed by atoms with van der Waals surface area (Å²) >= 11 is 0. The Morgan fingerprint density at radius 1 is 1.07 bits per heavy atom. The van der Waals surface area contributed by atoms with Crippen LogP contribution in [0.2, 0.25) is 0 Å². The fourth-order valence-electron chi connectivity index (χ4n) is 2.24. The molecule has 4 unspecified atom stereocenters. The van der Waals surface area contributed by atoms with Crippen LogP contribution in [0.1, 0.15) is 40.0 Å². The lowest BCUT2D eigenvalue weighted by molar-refractivity contribution is -0.142. The number of aliphatic carboxylic acids is 1. The van der Waals surface area contributed by atoms with Gasteiger partial charge in [-0.15, -0.1) is 0 Å². The Balaban J connectivity index is 4.60. The summed E-state index contributed by atoms with van der Waals surface area (Å²) in [5.41, 5.74) is 16.1. The number of aliphatic imine (C=N–C) groups is 1. The van der Waals surface area contributed by atoms with Crippen molar-refractivity contribution in [1.29, 1.82) is 0 Å². The molecule has 12 heteroatoms. The molecule has 0 aromatic heterocycles. The number of amides is 3. The summed E-state index contributed by atoms with van der Waals surface area (Å²) in [7, 11) is 0. The average molecular weight is 415 g/mol. The van der Waals surface area contributed by atoms with Gasteiger partial charge in [0.15, 0.2) is 5.96 Å². The first-order valence-corrected chi connectivity index (χ1v) is 9.40. The maximum absolute atomic E-state index is 12.3. The van der Waals surface area contributed by atoms with Crippen LogP contribution in [0.3, 0.4) is 0 Å². The van der Waals surface area contributed by atoms with E-state index in [2.05, 4.69) is 20.9 Å². The number of nitrogens with two attached hydrogens (primary N) is 3. The minimum atomic E-state index is -1.19. The molecule has 0 rings (SSSR count). The van der Waals surface area contributed by atoms with Crippen molar-refractivity contribution in [2.45, 2.75) is 58.2 Å². The van der Waals surface area contributed by atoms with Crippen LogP contribution >= 0.6 is 0 Å². The number of carboxylic acid groups (broad SMARTS) is 1. The number of nitrogens with zero attached hydrogens (tertiary/aromatic N) is 1. The summed E-state index contributed by atoms with van der Waals surface area (Å²) in [6, 6.07) is -2.86. The minimum absolute atomic E-state index is 0.0441. The molecule has 0 aromatic rings. The van der Waals surface area contributed by atoms with Crippen LogP contribution in [-0.2, 0) is 19.2 Å². The van der Waals surface area contributed by atoms with Gasteiger partial charge in [-0.05, 0) is 25.7 Å². The third-order valence-electron chi connectivity index (χ3n) is 4.27. The molecule has 0 radical (unpaired) electrons. The molecule has 0 aliphatic heterocycles. The van der Waals surface area contributed by atoms with E-state index >= 15 is 0 Å². The van der Waals surface area contributed by atoms with Gasteiger partial charge in [0.2, 0.25) is 17.7 Å². The van der Waals surface area contributed by atoms with E-state index in [-0.39, 0.29) is 18.4 Å². The van der Waals surface area contributed by atoms with Crippen LogP contribution in [0.25, 0.3) is 0 Å². The maximum Gasteiger partial charge on any atom is 0.325 e. The lowest BCUT2D eigenvalue weighted by Gasteiger charge is -2.24. The standard InChI is InChI=1S/C17H33N7O5/c1-4-9(2)13(15(27)23-10(3)16(28)29)24-12(25)8-22-14(26)11(18)6-5-7-21-17(19)20/h9-11,13H,4-8,18H2,1-3H3,(H,22,26)(H,23,27)(H,24,25)(H,28,29)(H4,19,20,21). The van der Waals surface area contributed by atoms with E-state index in [9.17, 15) is 19.2 Å². The second kappa shape index (κ2) is 13.3. The van der Waals surface area contributed by atoms with E-state index in [4.69, 9.17) is 22.3 Å². The molecule has 0 spiro atoms. The smallest absolute Gasteiger partial charge is 0.325 e. The number of rotatable bonds is 13. The maximum atomic E-state index is 12.3. The Bertz CT molecular complexity index is 607. The molecule has 29 heavy (non-hydrogen) atoms. The lowest BCUT2D eigenvalue weighted by atomic mass is 9.98. The highest BCUT2D eigenvalue weighted by molar-refractivity contribution is 5.92. The first kappa shape index (κ1) is 26.1. The largest absolute Gasteiger partial charge is 0.480 e. The number of hydrogen-bond donors (Lipinski definition) is 7. The van der Waals surface area contributed by atoms with Crippen LogP contribution in [0.4, 0.5) is 0 Å². The number of guanidine groups is 1. The number of carbonyl (C=O) groups excluding carboxylic acids is 3. The van der Waals surface area contributed by atoms with E-state index < -0.39 is 41.8 Å². The van der Waals surface area contributed by atoms with Gasteiger partial charge in [0.25, 0.3) is 0 Å². The van der Waals surface area contributed by atoms with Crippen LogP contribution < -0.4 is 33.2 Å². The topological polar surface area (TPSA) is 215 Å². The first-order valence-electron chi connectivity index (χ1n) is 9.40.